The molecule has 18 heavy (non-hydrogen) atoms. The van der Waals surface area contributed by atoms with Crippen LogP contribution in [0.1, 0.15) is 5.01 Å². The van der Waals surface area contributed by atoms with Crippen molar-refractivity contribution in [3.05, 3.63) is 39.3 Å². The molecule has 0 amide bonds. The minimum atomic E-state index is 0.555. The van der Waals surface area contributed by atoms with Crippen molar-refractivity contribution < 1.29 is 0 Å². The molecule has 2 heterocycles. The van der Waals surface area contributed by atoms with Gasteiger partial charge < -0.3 is 10.3 Å². The Morgan fingerprint density at radius 2 is 2.28 bits per heavy atom. The number of benzene rings is 1. The van der Waals surface area contributed by atoms with Crippen LogP contribution in [0.15, 0.2) is 34.2 Å². The first-order valence-electron chi connectivity index (χ1n) is 5.53. The van der Waals surface area contributed by atoms with Crippen LogP contribution >= 0.6 is 27.3 Å². The van der Waals surface area contributed by atoms with Gasteiger partial charge in [-0.1, -0.05) is 15.9 Å². The van der Waals surface area contributed by atoms with Crippen LogP contribution in [0.25, 0.3) is 11.0 Å². The Morgan fingerprint density at radius 1 is 1.39 bits per heavy atom. The molecule has 2 aromatic heterocycles. The van der Waals surface area contributed by atoms with E-state index in [2.05, 4.69) is 25.9 Å². The molecule has 0 atom stereocenters. The van der Waals surface area contributed by atoms with Crippen molar-refractivity contribution in [2.75, 3.05) is 5.73 Å². The first-order valence-corrected chi connectivity index (χ1v) is 7.21. The molecule has 0 aliphatic rings. The summed E-state index contributed by atoms with van der Waals surface area (Å²) in [6, 6.07) is 6.01. The van der Waals surface area contributed by atoms with Crippen LogP contribution in [0, 0.1) is 0 Å². The van der Waals surface area contributed by atoms with Gasteiger partial charge in [0.15, 0.2) is 0 Å². The fraction of sp³-hybridized carbons (Fsp3) is 0.167. The number of hydrogen-bond donors (Lipinski definition) is 1. The SMILES string of the molecule is Nc1nc2cc(Br)ccc2n1CCc1nccs1. The molecule has 2 N–H and O–H groups in total. The fourth-order valence-corrected chi connectivity index (χ4v) is 2.90. The predicted molar refractivity (Wildman–Crippen MR) is 77.7 cm³/mol. The molecule has 0 aliphatic carbocycles. The highest BCUT2D eigenvalue weighted by molar-refractivity contribution is 9.10. The molecule has 0 bridgehead atoms. The van der Waals surface area contributed by atoms with E-state index < -0.39 is 0 Å². The van der Waals surface area contributed by atoms with E-state index in [1.54, 1.807) is 11.3 Å². The van der Waals surface area contributed by atoms with Gasteiger partial charge in [0.25, 0.3) is 0 Å². The molecule has 6 heteroatoms. The maximum Gasteiger partial charge on any atom is 0.201 e. The summed E-state index contributed by atoms with van der Waals surface area (Å²) in [5.41, 5.74) is 7.94. The molecule has 0 saturated heterocycles. The Labute approximate surface area is 117 Å². The first kappa shape index (κ1) is 11.7. The number of nitrogens with two attached hydrogens (primary N) is 1. The number of imidazole rings is 1. The lowest BCUT2D eigenvalue weighted by Crippen LogP contribution is -2.05. The number of anilines is 1. The van der Waals surface area contributed by atoms with Crippen LogP contribution in [-0.4, -0.2) is 14.5 Å². The molecule has 4 nitrogen and oxygen atoms in total. The summed E-state index contributed by atoms with van der Waals surface area (Å²) in [6.45, 7) is 0.803. The lowest BCUT2D eigenvalue weighted by Gasteiger charge is -2.04. The third-order valence-electron chi connectivity index (χ3n) is 2.77. The molecule has 0 aliphatic heterocycles. The highest BCUT2D eigenvalue weighted by atomic mass is 79.9. The van der Waals surface area contributed by atoms with Gasteiger partial charge in [-0.15, -0.1) is 11.3 Å². The summed E-state index contributed by atoms with van der Waals surface area (Å²) in [7, 11) is 0. The average molecular weight is 323 g/mol. The second-order valence-corrected chi connectivity index (χ2v) is 5.83. The number of nitrogens with zero attached hydrogens (tertiary/aromatic N) is 3. The van der Waals surface area contributed by atoms with Gasteiger partial charge in [-0.2, -0.15) is 0 Å². The van der Waals surface area contributed by atoms with Gasteiger partial charge in [0.05, 0.1) is 16.0 Å². The number of halogens is 1. The molecule has 0 fully saturated rings. The van der Waals surface area contributed by atoms with Crippen LogP contribution in [-0.2, 0) is 13.0 Å². The van der Waals surface area contributed by atoms with E-state index in [1.807, 2.05) is 34.3 Å². The smallest absolute Gasteiger partial charge is 0.201 e. The van der Waals surface area contributed by atoms with Gasteiger partial charge in [0.2, 0.25) is 5.95 Å². The van der Waals surface area contributed by atoms with Crippen LogP contribution in [0.2, 0.25) is 0 Å². The normalized spacial score (nSPS) is 11.2. The number of rotatable bonds is 3. The van der Waals surface area contributed by atoms with Gasteiger partial charge in [0.1, 0.15) is 0 Å². The van der Waals surface area contributed by atoms with E-state index in [1.165, 1.54) is 0 Å². The third-order valence-corrected chi connectivity index (χ3v) is 4.11. The molecular formula is C12H11BrN4S. The minimum Gasteiger partial charge on any atom is -0.369 e. The molecule has 0 saturated carbocycles. The molecule has 0 radical (unpaired) electrons. The highest BCUT2D eigenvalue weighted by Crippen LogP contribution is 2.22. The number of aromatic nitrogens is 3. The Hall–Kier alpha value is -1.40. The molecule has 3 rings (SSSR count). The first-order chi connectivity index (χ1) is 8.74. The van der Waals surface area contributed by atoms with Crippen molar-refractivity contribution in [3.63, 3.8) is 0 Å². The summed E-state index contributed by atoms with van der Waals surface area (Å²) in [6.07, 6.45) is 2.70. The number of nitrogen functional groups attached to an aromatic ring is 1. The zero-order valence-corrected chi connectivity index (χ0v) is 11.9. The van der Waals surface area contributed by atoms with Gasteiger partial charge in [0, 0.05) is 29.0 Å². The Morgan fingerprint density at radius 3 is 3.06 bits per heavy atom. The van der Waals surface area contributed by atoms with Gasteiger partial charge in [-0.25, -0.2) is 9.97 Å². The standard InChI is InChI=1S/C12H11BrN4S/c13-8-1-2-10-9(7-8)16-12(14)17(10)5-3-11-15-4-6-18-11/h1-2,4,6-7H,3,5H2,(H2,14,16). The van der Waals surface area contributed by atoms with Crippen LogP contribution in [0.5, 0.6) is 0 Å². The molecule has 92 valence electrons. The van der Waals surface area contributed by atoms with Crippen molar-refractivity contribution in [1.29, 1.82) is 0 Å². The number of thiazole rings is 1. The maximum atomic E-state index is 5.96. The zero-order valence-electron chi connectivity index (χ0n) is 9.51. The number of aryl methyl sites for hydroxylation is 2. The Balaban J connectivity index is 1.93. The van der Waals surface area contributed by atoms with E-state index in [0.717, 1.165) is 33.5 Å². The Kier molecular flexibility index (Phi) is 3.05. The molecule has 1 aromatic carbocycles. The average Bonchev–Trinajstić information content (AvgIpc) is 2.93. The van der Waals surface area contributed by atoms with E-state index in [0.29, 0.717) is 5.95 Å². The van der Waals surface area contributed by atoms with Crippen molar-refractivity contribution in [1.82, 2.24) is 14.5 Å². The van der Waals surface area contributed by atoms with E-state index in [9.17, 15) is 0 Å². The van der Waals surface area contributed by atoms with Crippen molar-refractivity contribution in [3.8, 4) is 0 Å². The summed E-state index contributed by atoms with van der Waals surface area (Å²) >= 11 is 5.10. The Bertz CT molecular complexity index is 675. The summed E-state index contributed by atoms with van der Waals surface area (Å²) in [5, 5.41) is 3.11. The van der Waals surface area contributed by atoms with Gasteiger partial charge in [-0.3, -0.25) is 0 Å². The highest BCUT2D eigenvalue weighted by Gasteiger charge is 2.08. The second-order valence-electron chi connectivity index (χ2n) is 3.93. The second kappa shape index (κ2) is 4.70. The molecule has 3 aromatic rings. The summed E-state index contributed by atoms with van der Waals surface area (Å²) < 4.78 is 3.04. The fourth-order valence-electron chi connectivity index (χ4n) is 1.94. The molecule has 0 spiro atoms. The number of hydrogen-bond acceptors (Lipinski definition) is 4. The maximum absolute atomic E-state index is 5.96. The van der Waals surface area contributed by atoms with E-state index in [-0.39, 0.29) is 0 Å². The van der Waals surface area contributed by atoms with Crippen LogP contribution < -0.4 is 5.73 Å². The van der Waals surface area contributed by atoms with Crippen molar-refractivity contribution in [2.24, 2.45) is 0 Å². The van der Waals surface area contributed by atoms with E-state index in [4.69, 9.17) is 5.73 Å². The van der Waals surface area contributed by atoms with Crippen LogP contribution in [0.3, 0.4) is 0 Å². The summed E-state index contributed by atoms with van der Waals surface area (Å²) in [4.78, 5) is 8.64. The quantitative estimate of drug-likeness (QED) is 0.806. The lowest BCUT2D eigenvalue weighted by molar-refractivity contribution is 0.722. The van der Waals surface area contributed by atoms with Crippen molar-refractivity contribution >= 4 is 44.2 Å². The van der Waals surface area contributed by atoms with E-state index >= 15 is 0 Å². The van der Waals surface area contributed by atoms with Crippen molar-refractivity contribution in [2.45, 2.75) is 13.0 Å². The summed E-state index contributed by atoms with van der Waals surface area (Å²) in [5.74, 6) is 0.555. The minimum absolute atomic E-state index is 0.555. The lowest BCUT2D eigenvalue weighted by atomic mass is 10.3. The molecular weight excluding hydrogens is 312 g/mol. The zero-order chi connectivity index (χ0) is 12.5. The number of fused-ring (bicyclic) bond motifs is 1. The molecule has 0 unspecified atom stereocenters. The third kappa shape index (κ3) is 2.13. The largest absolute Gasteiger partial charge is 0.369 e. The topological polar surface area (TPSA) is 56.7 Å². The van der Waals surface area contributed by atoms with Gasteiger partial charge >= 0.3 is 0 Å². The van der Waals surface area contributed by atoms with Gasteiger partial charge in [-0.05, 0) is 18.2 Å². The van der Waals surface area contributed by atoms with Crippen LogP contribution in [0.4, 0.5) is 5.95 Å². The predicted octanol–water partition coefficient (Wildman–Crippen LogP) is 3.08. The monoisotopic (exact) mass is 322 g/mol.